The third-order valence-corrected chi connectivity index (χ3v) is 3.63. The van der Waals surface area contributed by atoms with Crippen molar-refractivity contribution in [2.75, 3.05) is 0 Å². The van der Waals surface area contributed by atoms with Crippen molar-refractivity contribution in [2.24, 2.45) is 0 Å². The minimum absolute atomic E-state index is 0.150. The molecule has 0 N–H and O–H groups in total. The predicted molar refractivity (Wildman–Crippen MR) is 65.8 cm³/mol. The molecule has 1 saturated carbocycles. The Morgan fingerprint density at radius 1 is 1.12 bits per heavy atom. The van der Waals surface area contributed by atoms with Crippen molar-refractivity contribution in [3.05, 3.63) is 17.0 Å². The molecular weight excluding hydrogens is 198 g/mol. The third-order valence-electron chi connectivity index (χ3n) is 3.63. The molecule has 2 nitrogen and oxygen atoms in total. The van der Waals surface area contributed by atoms with E-state index in [9.17, 15) is 0 Å². The molecule has 90 valence electrons. The molecule has 0 spiro atoms. The van der Waals surface area contributed by atoms with Crippen LogP contribution < -0.4 is 0 Å². The Morgan fingerprint density at radius 3 is 2.31 bits per heavy atom. The van der Waals surface area contributed by atoms with E-state index in [1.165, 1.54) is 43.4 Å². The zero-order chi connectivity index (χ0) is 11.8. The molecule has 1 heterocycles. The smallest absolute Gasteiger partial charge is 0.137 e. The molecule has 16 heavy (non-hydrogen) atoms. The summed E-state index contributed by atoms with van der Waals surface area (Å²) in [4.78, 5) is 0. The topological polar surface area (TPSA) is 26.0 Å². The summed E-state index contributed by atoms with van der Waals surface area (Å²) in [7, 11) is 0. The van der Waals surface area contributed by atoms with Gasteiger partial charge in [0.2, 0.25) is 0 Å². The second kappa shape index (κ2) is 4.23. The van der Waals surface area contributed by atoms with Crippen LogP contribution in [0.5, 0.6) is 0 Å². The van der Waals surface area contributed by atoms with Crippen molar-refractivity contribution in [2.45, 2.75) is 71.1 Å². The summed E-state index contributed by atoms with van der Waals surface area (Å²) in [6.45, 7) is 8.79. The van der Waals surface area contributed by atoms with Crippen molar-refractivity contribution < 1.29 is 4.52 Å². The molecule has 0 unspecified atom stereocenters. The van der Waals surface area contributed by atoms with E-state index >= 15 is 0 Å². The van der Waals surface area contributed by atoms with Crippen molar-refractivity contribution >= 4 is 0 Å². The van der Waals surface area contributed by atoms with E-state index in [1.54, 1.807) is 0 Å². The van der Waals surface area contributed by atoms with E-state index in [0.29, 0.717) is 5.92 Å². The molecule has 0 aromatic carbocycles. The fourth-order valence-electron chi connectivity index (χ4n) is 2.96. The van der Waals surface area contributed by atoms with Gasteiger partial charge in [-0.05, 0) is 25.2 Å². The SMILES string of the molecule is Cc1onc(C2CCCCC2)c1C(C)(C)C. The molecule has 1 aliphatic carbocycles. The number of aryl methyl sites for hydroxylation is 1. The molecule has 0 amide bonds. The number of nitrogens with zero attached hydrogens (tertiary/aromatic N) is 1. The van der Waals surface area contributed by atoms with E-state index in [2.05, 4.69) is 25.9 Å². The van der Waals surface area contributed by atoms with Crippen LogP contribution in [0, 0.1) is 6.92 Å². The Bertz CT molecular complexity index is 353. The highest BCUT2D eigenvalue weighted by Crippen LogP contribution is 2.39. The lowest BCUT2D eigenvalue weighted by atomic mass is 9.78. The van der Waals surface area contributed by atoms with Crippen LogP contribution in [0.2, 0.25) is 0 Å². The van der Waals surface area contributed by atoms with E-state index in [0.717, 1.165) is 5.76 Å². The Labute approximate surface area is 98.4 Å². The summed E-state index contributed by atoms with van der Waals surface area (Å²) in [6, 6.07) is 0. The van der Waals surface area contributed by atoms with Gasteiger partial charge in [0.15, 0.2) is 0 Å². The van der Waals surface area contributed by atoms with Gasteiger partial charge in [0.05, 0.1) is 5.69 Å². The molecule has 1 aromatic rings. The van der Waals surface area contributed by atoms with Crippen LogP contribution in [-0.4, -0.2) is 5.16 Å². The standard InChI is InChI=1S/C14H23NO/c1-10-12(14(2,3)4)13(15-16-10)11-8-6-5-7-9-11/h11H,5-9H2,1-4H3. The molecule has 2 rings (SSSR count). The number of hydrogen-bond acceptors (Lipinski definition) is 2. The van der Waals surface area contributed by atoms with Crippen molar-refractivity contribution in [1.82, 2.24) is 5.16 Å². The lowest BCUT2D eigenvalue weighted by Crippen LogP contribution is -2.17. The molecule has 1 aromatic heterocycles. The van der Waals surface area contributed by atoms with E-state index < -0.39 is 0 Å². The van der Waals surface area contributed by atoms with E-state index in [4.69, 9.17) is 4.52 Å². The number of aromatic nitrogens is 1. The average Bonchev–Trinajstić information content (AvgIpc) is 2.61. The summed E-state index contributed by atoms with van der Waals surface area (Å²) in [6.07, 6.45) is 6.66. The first-order valence-corrected chi connectivity index (χ1v) is 6.47. The van der Waals surface area contributed by atoms with Crippen molar-refractivity contribution in [3.8, 4) is 0 Å². The summed E-state index contributed by atoms with van der Waals surface area (Å²) in [5.41, 5.74) is 2.74. The van der Waals surface area contributed by atoms with Crippen LogP contribution in [0.1, 0.15) is 75.8 Å². The maximum atomic E-state index is 5.43. The highest BCUT2D eigenvalue weighted by molar-refractivity contribution is 5.32. The summed E-state index contributed by atoms with van der Waals surface area (Å²) in [5.74, 6) is 1.65. The quantitative estimate of drug-likeness (QED) is 0.705. The first kappa shape index (κ1) is 11.7. The predicted octanol–water partition coefficient (Wildman–Crippen LogP) is 4.33. The van der Waals surface area contributed by atoms with Gasteiger partial charge in [-0.2, -0.15) is 0 Å². The van der Waals surface area contributed by atoms with E-state index in [-0.39, 0.29) is 5.41 Å². The fourth-order valence-corrected chi connectivity index (χ4v) is 2.96. The largest absolute Gasteiger partial charge is 0.361 e. The van der Waals surface area contributed by atoms with Gasteiger partial charge in [0, 0.05) is 11.5 Å². The van der Waals surface area contributed by atoms with Crippen LogP contribution in [0.3, 0.4) is 0 Å². The Hall–Kier alpha value is -0.790. The molecule has 0 radical (unpaired) electrons. The minimum Gasteiger partial charge on any atom is -0.361 e. The summed E-state index contributed by atoms with van der Waals surface area (Å²) >= 11 is 0. The van der Waals surface area contributed by atoms with Crippen molar-refractivity contribution in [3.63, 3.8) is 0 Å². The highest BCUT2D eigenvalue weighted by Gasteiger charge is 2.30. The molecule has 0 bridgehead atoms. The van der Waals surface area contributed by atoms with Crippen molar-refractivity contribution in [1.29, 1.82) is 0 Å². The number of rotatable bonds is 1. The average molecular weight is 221 g/mol. The lowest BCUT2D eigenvalue weighted by molar-refractivity contribution is 0.367. The Balaban J connectivity index is 2.33. The van der Waals surface area contributed by atoms with Crippen LogP contribution >= 0.6 is 0 Å². The monoisotopic (exact) mass is 221 g/mol. The first-order chi connectivity index (χ1) is 7.50. The summed E-state index contributed by atoms with van der Waals surface area (Å²) in [5, 5.41) is 4.33. The lowest BCUT2D eigenvalue weighted by Gasteiger charge is -2.25. The molecular formula is C14H23NO. The normalized spacial score (nSPS) is 19.0. The van der Waals surface area contributed by atoms with Gasteiger partial charge >= 0.3 is 0 Å². The zero-order valence-electron chi connectivity index (χ0n) is 11.0. The van der Waals surface area contributed by atoms with Gasteiger partial charge in [0.25, 0.3) is 0 Å². The second-order valence-electron chi connectivity index (χ2n) is 6.08. The van der Waals surface area contributed by atoms with Crippen LogP contribution in [-0.2, 0) is 5.41 Å². The molecule has 2 heteroatoms. The molecule has 1 fully saturated rings. The van der Waals surface area contributed by atoms with Gasteiger partial charge in [-0.3, -0.25) is 0 Å². The Morgan fingerprint density at radius 2 is 1.75 bits per heavy atom. The van der Waals surface area contributed by atoms with E-state index in [1.807, 2.05) is 6.92 Å². The number of hydrogen-bond donors (Lipinski definition) is 0. The highest BCUT2D eigenvalue weighted by atomic mass is 16.5. The molecule has 0 atom stereocenters. The fraction of sp³-hybridized carbons (Fsp3) is 0.786. The molecule has 0 saturated heterocycles. The van der Waals surface area contributed by atoms with Gasteiger partial charge in [-0.25, -0.2) is 0 Å². The van der Waals surface area contributed by atoms with Gasteiger partial charge in [0.1, 0.15) is 5.76 Å². The minimum atomic E-state index is 0.150. The van der Waals surface area contributed by atoms with Crippen LogP contribution in [0.25, 0.3) is 0 Å². The van der Waals surface area contributed by atoms with Gasteiger partial charge < -0.3 is 4.52 Å². The second-order valence-corrected chi connectivity index (χ2v) is 6.08. The van der Waals surface area contributed by atoms with Gasteiger partial charge in [-0.1, -0.05) is 45.2 Å². The molecule has 0 aliphatic heterocycles. The van der Waals surface area contributed by atoms with Gasteiger partial charge in [-0.15, -0.1) is 0 Å². The maximum absolute atomic E-state index is 5.43. The first-order valence-electron chi connectivity index (χ1n) is 6.47. The maximum Gasteiger partial charge on any atom is 0.137 e. The zero-order valence-corrected chi connectivity index (χ0v) is 11.0. The molecule has 1 aliphatic rings. The Kier molecular flexibility index (Phi) is 3.09. The van der Waals surface area contributed by atoms with Crippen LogP contribution in [0.4, 0.5) is 0 Å². The third kappa shape index (κ3) is 2.16. The van der Waals surface area contributed by atoms with Crippen LogP contribution in [0.15, 0.2) is 4.52 Å². The summed E-state index contributed by atoms with van der Waals surface area (Å²) < 4.78 is 5.43.